The molecule has 0 aliphatic heterocycles. The lowest BCUT2D eigenvalue weighted by Gasteiger charge is -2.21. The summed E-state index contributed by atoms with van der Waals surface area (Å²) >= 11 is 0. The molecule has 8 nitrogen and oxygen atoms in total. The van der Waals surface area contributed by atoms with Crippen LogP contribution in [0.5, 0.6) is 0 Å². The van der Waals surface area contributed by atoms with Crippen molar-refractivity contribution in [2.45, 2.75) is 6.04 Å². The first-order chi connectivity index (χ1) is 9.96. The average molecular weight is 296 g/mol. The lowest BCUT2D eigenvalue weighted by Crippen LogP contribution is -2.45. The van der Waals surface area contributed by atoms with E-state index in [1.54, 1.807) is 0 Å². The smallest absolute Gasteiger partial charge is 0.343 e. The lowest BCUT2D eigenvalue weighted by molar-refractivity contribution is -0.157. The first kappa shape index (κ1) is 16.4. The maximum absolute atomic E-state index is 12.1. The Labute approximate surface area is 120 Å². The van der Waals surface area contributed by atoms with Crippen LogP contribution in [0.25, 0.3) is 0 Å². The van der Waals surface area contributed by atoms with Gasteiger partial charge < -0.3 is 14.2 Å². The van der Waals surface area contributed by atoms with Crippen LogP contribution in [-0.2, 0) is 29.0 Å². The number of hydrogen-bond donors (Lipinski definition) is 0. The minimum Gasteiger partial charge on any atom is -0.467 e. The van der Waals surface area contributed by atoms with Crippen molar-refractivity contribution in [3.63, 3.8) is 0 Å². The highest BCUT2D eigenvalue weighted by Crippen LogP contribution is 2.18. The topological polar surface area (TPSA) is 102 Å². The largest absolute Gasteiger partial charge is 0.467 e. The highest BCUT2D eigenvalue weighted by atomic mass is 16.6. The predicted octanol–water partition coefficient (Wildman–Crippen LogP) is 0.340. The number of methoxy groups -OCH3 is 3. The van der Waals surface area contributed by atoms with Crippen LogP contribution < -0.4 is 5.06 Å². The molecule has 0 N–H and O–H groups in total. The normalized spacial score (nSPS) is 9.95. The summed E-state index contributed by atoms with van der Waals surface area (Å²) in [6.07, 6.45) is 0. The van der Waals surface area contributed by atoms with Crippen molar-refractivity contribution in [2.75, 3.05) is 26.4 Å². The SMILES string of the molecule is COC(=O)c1ccc(N([O])C(C(=O)OC)C(=O)OC)cc1. The molecule has 0 heterocycles. The third-order valence-electron chi connectivity index (χ3n) is 2.63. The first-order valence-electron chi connectivity index (χ1n) is 5.76. The van der Waals surface area contributed by atoms with Crippen molar-refractivity contribution in [3.05, 3.63) is 29.8 Å². The molecule has 0 aliphatic carbocycles. The van der Waals surface area contributed by atoms with Gasteiger partial charge in [-0.1, -0.05) is 5.21 Å². The summed E-state index contributed by atoms with van der Waals surface area (Å²) in [7, 11) is 3.32. The molecule has 0 aliphatic rings. The van der Waals surface area contributed by atoms with Gasteiger partial charge in [-0.15, -0.1) is 0 Å². The molecule has 21 heavy (non-hydrogen) atoms. The van der Waals surface area contributed by atoms with Gasteiger partial charge in [0.15, 0.2) is 0 Å². The fourth-order valence-electron chi connectivity index (χ4n) is 1.52. The quantitative estimate of drug-likeness (QED) is 0.334. The third kappa shape index (κ3) is 3.69. The number of anilines is 1. The van der Waals surface area contributed by atoms with Gasteiger partial charge in [0, 0.05) is 0 Å². The number of hydrogen-bond acceptors (Lipinski definition) is 7. The number of ether oxygens (including phenoxy) is 3. The van der Waals surface area contributed by atoms with Gasteiger partial charge in [-0.3, -0.25) is 0 Å². The van der Waals surface area contributed by atoms with Crippen molar-refractivity contribution in [2.24, 2.45) is 0 Å². The molecule has 0 amide bonds. The molecule has 1 rings (SSSR count). The Morgan fingerprint density at radius 2 is 1.38 bits per heavy atom. The van der Waals surface area contributed by atoms with E-state index in [1.807, 2.05) is 0 Å². The van der Waals surface area contributed by atoms with Gasteiger partial charge in [0.1, 0.15) is 0 Å². The summed E-state index contributed by atoms with van der Waals surface area (Å²) in [5, 5.41) is 12.2. The molecule has 0 bridgehead atoms. The van der Waals surface area contributed by atoms with Gasteiger partial charge in [-0.05, 0) is 24.3 Å². The molecule has 0 fully saturated rings. The van der Waals surface area contributed by atoms with E-state index in [4.69, 9.17) is 0 Å². The second-order valence-corrected chi connectivity index (χ2v) is 3.81. The molecule has 0 aromatic heterocycles. The molecule has 0 saturated heterocycles. The van der Waals surface area contributed by atoms with Crippen LogP contribution in [0.4, 0.5) is 5.69 Å². The molecule has 0 unspecified atom stereocenters. The number of benzene rings is 1. The molecule has 1 radical (unpaired) electrons. The van der Waals surface area contributed by atoms with Crippen LogP contribution >= 0.6 is 0 Å². The molecular weight excluding hydrogens is 282 g/mol. The number of nitrogens with zero attached hydrogens (tertiary/aromatic N) is 1. The van der Waals surface area contributed by atoms with Crippen molar-refractivity contribution in [1.29, 1.82) is 0 Å². The van der Waals surface area contributed by atoms with Crippen LogP contribution in [0.3, 0.4) is 0 Å². The van der Waals surface area contributed by atoms with E-state index in [-0.39, 0.29) is 16.3 Å². The molecule has 0 atom stereocenters. The van der Waals surface area contributed by atoms with Crippen molar-refractivity contribution in [1.82, 2.24) is 0 Å². The lowest BCUT2D eigenvalue weighted by atomic mass is 10.2. The molecule has 113 valence electrons. The summed E-state index contributed by atoms with van der Waals surface area (Å²) in [5.74, 6) is -2.67. The van der Waals surface area contributed by atoms with Crippen LogP contribution in [0, 0.1) is 0 Å². The van der Waals surface area contributed by atoms with Gasteiger partial charge >= 0.3 is 17.9 Å². The number of hydroxylamine groups is 1. The second-order valence-electron chi connectivity index (χ2n) is 3.81. The summed E-state index contributed by atoms with van der Waals surface area (Å²) in [5.41, 5.74) is 0.214. The fraction of sp³-hybridized carbons (Fsp3) is 0.308. The van der Waals surface area contributed by atoms with Gasteiger partial charge in [0.2, 0.25) is 0 Å². The van der Waals surface area contributed by atoms with Gasteiger partial charge in [-0.25, -0.2) is 14.4 Å². The number of carbonyl (C=O) groups excluding carboxylic acids is 3. The summed E-state index contributed by atoms with van der Waals surface area (Å²) in [4.78, 5) is 34.3. The van der Waals surface area contributed by atoms with Gasteiger partial charge in [-0.2, -0.15) is 5.06 Å². The Morgan fingerprint density at radius 1 is 0.905 bits per heavy atom. The van der Waals surface area contributed by atoms with E-state index in [1.165, 1.54) is 31.4 Å². The van der Waals surface area contributed by atoms with Crippen LogP contribution in [0.15, 0.2) is 24.3 Å². The highest BCUT2D eigenvalue weighted by Gasteiger charge is 2.36. The van der Waals surface area contributed by atoms with E-state index >= 15 is 0 Å². The monoisotopic (exact) mass is 296 g/mol. The average Bonchev–Trinajstić information content (AvgIpc) is 2.53. The van der Waals surface area contributed by atoms with E-state index in [2.05, 4.69) is 14.2 Å². The first-order valence-corrected chi connectivity index (χ1v) is 5.76. The number of esters is 3. The van der Waals surface area contributed by atoms with Crippen molar-refractivity contribution >= 4 is 23.6 Å². The summed E-state index contributed by atoms with van der Waals surface area (Å²) < 4.78 is 13.3. The Morgan fingerprint density at radius 3 is 1.76 bits per heavy atom. The molecule has 1 aromatic carbocycles. The van der Waals surface area contributed by atoms with E-state index < -0.39 is 23.9 Å². The van der Waals surface area contributed by atoms with Crippen molar-refractivity contribution in [3.8, 4) is 0 Å². The second kappa shape index (κ2) is 7.25. The van der Waals surface area contributed by atoms with Gasteiger partial charge in [0.05, 0.1) is 32.6 Å². The molecule has 1 aromatic rings. The third-order valence-corrected chi connectivity index (χ3v) is 2.63. The molecule has 8 heteroatoms. The highest BCUT2D eigenvalue weighted by molar-refractivity contribution is 6.02. The van der Waals surface area contributed by atoms with E-state index in [0.29, 0.717) is 0 Å². The Bertz CT molecular complexity index is 510. The zero-order valence-corrected chi connectivity index (χ0v) is 11.7. The maximum atomic E-state index is 12.1. The fourth-order valence-corrected chi connectivity index (χ4v) is 1.52. The minimum absolute atomic E-state index is 0.0107. The molecule has 0 saturated carbocycles. The minimum atomic E-state index is -1.77. The summed E-state index contributed by atoms with van der Waals surface area (Å²) in [6.45, 7) is 0. The Kier molecular flexibility index (Phi) is 5.67. The maximum Gasteiger partial charge on any atom is 0.343 e. The standard InChI is InChI=1S/C13H14NO7/c1-19-11(15)8-4-6-9(7-5-8)14(18)10(12(16)20-2)13(17)21-3/h4-7,10H,1-3H3. The number of carbonyl (C=O) groups is 3. The van der Waals surface area contributed by atoms with Gasteiger partial charge in [0.25, 0.3) is 6.04 Å². The number of rotatable bonds is 5. The van der Waals surface area contributed by atoms with E-state index in [0.717, 1.165) is 14.2 Å². The van der Waals surface area contributed by atoms with Crippen LogP contribution in [0.2, 0.25) is 0 Å². The molecule has 0 spiro atoms. The van der Waals surface area contributed by atoms with Crippen LogP contribution in [-0.4, -0.2) is 45.3 Å². The zero-order chi connectivity index (χ0) is 16.0. The molecular formula is C13H14NO7. The summed E-state index contributed by atoms with van der Waals surface area (Å²) in [6, 6.07) is 3.44. The Balaban J connectivity index is 3.03. The zero-order valence-electron chi connectivity index (χ0n) is 11.7. The van der Waals surface area contributed by atoms with Crippen LogP contribution in [0.1, 0.15) is 10.4 Å². The van der Waals surface area contributed by atoms with Crippen molar-refractivity contribution < 1.29 is 33.8 Å². The Hall–Kier alpha value is -2.61. The predicted molar refractivity (Wildman–Crippen MR) is 68.8 cm³/mol. The van der Waals surface area contributed by atoms with E-state index in [9.17, 15) is 19.6 Å².